The Labute approximate surface area is 178 Å². The highest BCUT2D eigenvalue weighted by atomic mass is 35.5. The number of hydrogen-bond acceptors (Lipinski definition) is 6. The Kier molecular flexibility index (Phi) is 4.80. The number of pyridine rings is 1. The number of benzene rings is 1. The van der Waals surface area contributed by atoms with Crippen LogP contribution in [0, 0.1) is 0 Å². The lowest BCUT2D eigenvalue weighted by Gasteiger charge is -2.26. The van der Waals surface area contributed by atoms with Gasteiger partial charge in [-0.2, -0.15) is 10.2 Å². The zero-order chi connectivity index (χ0) is 20.7. The van der Waals surface area contributed by atoms with E-state index < -0.39 is 10.8 Å². The average molecular weight is 442 g/mol. The maximum absolute atomic E-state index is 12.8. The van der Waals surface area contributed by atoms with E-state index in [-0.39, 0.29) is 5.91 Å². The molecular weight excluding hydrogens is 426 g/mol. The molecule has 0 bridgehead atoms. The summed E-state index contributed by atoms with van der Waals surface area (Å²) in [6.45, 7) is 0.991. The summed E-state index contributed by atoms with van der Waals surface area (Å²) in [7, 11) is -0.833. The van der Waals surface area contributed by atoms with Gasteiger partial charge in [0.25, 0.3) is 5.91 Å². The molecule has 3 aromatic heterocycles. The van der Waals surface area contributed by atoms with Crippen molar-refractivity contribution in [3.8, 4) is 17.1 Å². The second-order valence-corrected chi connectivity index (χ2v) is 9.00. The normalized spacial score (nSPS) is 15.0. The number of aromatic amines is 1. The fourth-order valence-electron chi connectivity index (χ4n) is 3.43. The number of fused-ring (bicyclic) bond motifs is 1. The van der Waals surface area contributed by atoms with Gasteiger partial charge in [0, 0.05) is 57.6 Å². The fraction of sp³-hybridized carbons (Fsp3) is 0.211. The number of amides is 1. The van der Waals surface area contributed by atoms with Crippen LogP contribution in [-0.2, 0) is 10.8 Å². The van der Waals surface area contributed by atoms with Crippen molar-refractivity contribution >= 4 is 39.3 Å². The highest BCUT2D eigenvalue weighted by Crippen LogP contribution is 2.26. The zero-order valence-electron chi connectivity index (χ0n) is 15.7. The summed E-state index contributed by atoms with van der Waals surface area (Å²) < 4.78 is 13.2. The Balaban J connectivity index is 1.49. The van der Waals surface area contributed by atoms with Crippen LogP contribution in [0.15, 0.2) is 43.0 Å². The van der Waals surface area contributed by atoms with Crippen molar-refractivity contribution in [2.75, 3.05) is 24.6 Å². The van der Waals surface area contributed by atoms with Gasteiger partial charge in [0.1, 0.15) is 6.33 Å². The van der Waals surface area contributed by atoms with Gasteiger partial charge in [0.15, 0.2) is 11.5 Å². The van der Waals surface area contributed by atoms with Crippen LogP contribution in [0.3, 0.4) is 0 Å². The van der Waals surface area contributed by atoms with Gasteiger partial charge in [-0.15, -0.1) is 0 Å². The van der Waals surface area contributed by atoms with Crippen LogP contribution >= 0.6 is 11.6 Å². The molecule has 0 saturated carbocycles. The van der Waals surface area contributed by atoms with E-state index in [1.165, 1.54) is 6.33 Å². The third-order valence-electron chi connectivity index (χ3n) is 4.94. The largest absolute Gasteiger partial charge is 0.337 e. The van der Waals surface area contributed by atoms with Crippen LogP contribution in [0.4, 0.5) is 0 Å². The van der Waals surface area contributed by atoms with Gasteiger partial charge in [-0.3, -0.25) is 14.1 Å². The molecule has 30 heavy (non-hydrogen) atoms. The number of aromatic nitrogens is 6. The van der Waals surface area contributed by atoms with E-state index in [9.17, 15) is 9.00 Å². The first-order valence-electron chi connectivity index (χ1n) is 9.23. The van der Waals surface area contributed by atoms with Gasteiger partial charge in [-0.1, -0.05) is 11.6 Å². The SMILES string of the molecule is O=C(c1cnc2c(cnn2-c2cc(Cl)cc(-c3ncn[nH]3)c2)c1)N1CCS(=O)CC1. The smallest absolute Gasteiger partial charge is 0.255 e. The van der Waals surface area contributed by atoms with E-state index in [0.29, 0.717) is 52.3 Å². The summed E-state index contributed by atoms with van der Waals surface area (Å²) in [4.78, 5) is 23.1. The number of halogens is 1. The van der Waals surface area contributed by atoms with Gasteiger partial charge in [-0.05, 0) is 24.3 Å². The van der Waals surface area contributed by atoms with Crippen molar-refractivity contribution in [2.45, 2.75) is 0 Å². The van der Waals surface area contributed by atoms with Gasteiger partial charge in [-0.25, -0.2) is 14.6 Å². The van der Waals surface area contributed by atoms with Crippen molar-refractivity contribution < 1.29 is 9.00 Å². The highest BCUT2D eigenvalue weighted by molar-refractivity contribution is 7.85. The molecule has 1 aliphatic heterocycles. The second-order valence-electron chi connectivity index (χ2n) is 6.87. The molecule has 152 valence electrons. The van der Waals surface area contributed by atoms with Crippen LogP contribution in [0.1, 0.15) is 10.4 Å². The Morgan fingerprint density at radius 1 is 1.10 bits per heavy atom. The Bertz CT molecular complexity index is 1260. The summed E-state index contributed by atoms with van der Waals surface area (Å²) >= 11 is 6.30. The number of nitrogens with one attached hydrogen (secondary N) is 1. The molecule has 1 N–H and O–H groups in total. The second kappa shape index (κ2) is 7.62. The van der Waals surface area contributed by atoms with E-state index in [2.05, 4.69) is 25.3 Å². The molecular formula is C19H16ClN7O2S. The topological polar surface area (TPSA) is 110 Å². The monoisotopic (exact) mass is 441 g/mol. The maximum Gasteiger partial charge on any atom is 0.255 e. The lowest BCUT2D eigenvalue weighted by Crippen LogP contribution is -2.41. The summed E-state index contributed by atoms with van der Waals surface area (Å²) in [5.74, 6) is 1.52. The molecule has 1 aliphatic rings. The molecule has 0 unspecified atom stereocenters. The van der Waals surface area contributed by atoms with E-state index in [4.69, 9.17) is 11.6 Å². The predicted molar refractivity (Wildman–Crippen MR) is 113 cm³/mol. The first-order valence-corrected chi connectivity index (χ1v) is 11.1. The number of carbonyl (C=O) groups excluding carboxylic acids is 1. The number of H-pyrrole nitrogens is 1. The van der Waals surface area contributed by atoms with Crippen LogP contribution < -0.4 is 0 Å². The number of hydrogen-bond donors (Lipinski definition) is 1. The standard InChI is InChI=1S/C19H16ClN7O2S/c20-15-6-12(17-22-11-23-25-17)7-16(8-15)27-18-13(10-24-27)5-14(9-21-18)19(28)26-1-3-30(29)4-2-26/h5-11H,1-4H2,(H,22,23,25). The minimum absolute atomic E-state index is 0.107. The van der Waals surface area contributed by atoms with Gasteiger partial charge < -0.3 is 4.90 Å². The Morgan fingerprint density at radius 2 is 1.93 bits per heavy atom. The van der Waals surface area contributed by atoms with E-state index >= 15 is 0 Å². The molecule has 1 amide bonds. The molecule has 0 atom stereocenters. The summed E-state index contributed by atoms with van der Waals surface area (Å²) in [5, 5.41) is 12.4. The highest BCUT2D eigenvalue weighted by Gasteiger charge is 2.22. The van der Waals surface area contributed by atoms with Gasteiger partial charge >= 0.3 is 0 Å². The predicted octanol–water partition coefficient (Wildman–Crippen LogP) is 2.06. The summed E-state index contributed by atoms with van der Waals surface area (Å²) in [6, 6.07) is 7.23. The van der Waals surface area contributed by atoms with Crippen LogP contribution in [0.5, 0.6) is 0 Å². The minimum Gasteiger partial charge on any atom is -0.337 e. The van der Waals surface area contributed by atoms with E-state index in [1.807, 2.05) is 6.07 Å². The number of nitrogens with zero attached hydrogens (tertiary/aromatic N) is 6. The first kappa shape index (κ1) is 18.9. The molecule has 0 spiro atoms. The molecule has 0 radical (unpaired) electrons. The van der Waals surface area contributed by atoms with Crippen LogP contribution in [0.25, 0.3) is 28.1 Å². The quantitative estimate of drug-likeness (QED) is 0.521. The van der Waals surface area contributed by atoms with E-state index in [0.717, 1.165) is 10.9 Å². The average Bonchev–Trinajstić information content (AvgIpc) is 3.43. The van der Waals surface area contributed by atoms with Gasteiger partial charge in [0.2, 0.25) is 0 Å². The molecule has 4 heterocycles. The molecule has 5 rings (SSSR count). The molecule has 1 saturated heterocycles. The number of carbonyl (C=O) groups is 1. The summed E-state index contributed by atoms with van der Waals surface area (Å²) in [6.07, 6.45) is 4.65. The van der Waals surface area contributed by atoms with Gasteiger partial charge in [0.05, 0.1) is 17.4 Å². The molecule has 0 aliphatic carbocycles. The van der Waals surface area contributed by atoms with Crippen molar-refractivity contribution in [3.63, 3.8) is 0 Å². The lowest BCUT2D eigenvalue weighted by atomic mass is 10.2. The molecule has 11 heteroatoms. The molecule has 9 nitrogen and oxygen atoms in total. The van der Waals surface area contributed by atoms with Crippen molar-refractivity contribution in [1.82, 2.24) is 34.8 Å². The third kappa shape index (κ3) is 3.48. The fourth-order valence-corrected chi connectivity index (χ4v) is 4.71. The van der Waals surface area contributed by atoms with Crippen LogP contribution in [0.2, 0.25) is 5.02 Å². The minimum atomic E-state index is -0.833. The zero-order valence-corrected chi connectivity index (χ0v) is 17.2. The third-order valence-corrected chi connectivity index (χ3v) is 6.43. The van der Waals surface area contributed by atoms with Crippen molar-refractivity contribution in [2.24, 2.45) is 0 Å². The maximum atomic E-state index is 12.8. The summed E-state index contributed by atoms with van der Waals surface area (Å²) in [5.41, 5.74) is 2.59. The molecule has 4 aromatic rings. The Morgan fingerprint density at radius 3 is 2.70 bits per heavy atom. The Hall–Kier alpha value is -3.11. The first-order chi connectivity index (χ1) is 14.6. The number of rotatable bonds is 3. The van der Waals surface area contributed by atoms with Crippen molar-refractivity contribution in [3.05, 3.63) is 53.6 Å². The lowest BCUT2D eigenvalue weighted by molar-refractivity contribution is 0.0771. The van der Waals surface area contributed by atoms with Crippen molar-refractivity contribution in [1.29, 1.82) is 0 Å². The van der Waals surface area contributed by atoms with E-state index in [1.54, 1.807) is 40.2 Å². The molecule has 1 fully saturated rings. The molecule has 1 aromatic carbocycles. The van der Waals surface area contributed by atoms with Crippen LogP contribution in [-0.4, -0.2) is 69.6 Å².